The third-order valence-corrected chi connectivity index (χ3v) is 5.15. The number of β-amino-alcohol motifs (C(OH)–C–C–N with tert-alkyl or cyclic N) is 1. The maximum Gasteiger partial charge on any atom is 0.338 e. The number of aliphatic hydroxyl groups excluding tert-OH is 1. The zero-order valence-corrected chi connectivity index (χ0v) is 18.0. The molecule has 0 saturated carbocycles. The Hall–Kier alpha value is -2.16. The van der Waals surface area contributed by atoms with Gasteiger partial charge in [0.1, 0.15) is 24.3 Å². The lowest BCUT2D eigenvalue weighted by Gasteiger charge is -2.36. The van der Waals surface area contributed by atoms with Crippen molar-refractivity contribution in [2.24, 2.45) is 0 Å². The molecule has 1 fully saturated rings. The molecule has 0 spiro atoms. The van der Waals surface area contributed by atoms with Crippen molar-refractivity contribution in [1.82, 2.24) is 9.88 Å². The van der Waals surface area contributed by atoms with Crippen LogP contribution in [0.4, 0.5) is 5.82 Å². The van der Waals surface area contributed by atoms with Crippen LogP contribution in [0.15, 0.2) is 47.1 Å². The number of anilines is 1. The number of nitrogens with zero attached hydrogens (tertiary/aromatic N) is 3. The Balaban J connectivity index is 1.39. The van der Waals surface area contributed by atoms with E-state index in [1.165, 1.54) is 0 Å². The van der Waals surface area contributed by atoms with Crippen LogP contribution >= 0.6 is 15.9 Å². The molecule has 1 aliphatic rings. The second-order valence-electron chi connectivity index (χ2n) is 6.83. The number of aromatic nitrogens is 1. The Morgan fingerprint density at radius 2 is 1.90 bits per heavy atom. The van der Waals surface area contributed by atoms with Gasteiger partial charge in [-0.1, -0.05) is 0 Å². The van der Waals surface area contributed by atoms with Crippen molar-refractivity contribution in [3.63, 3.8) is 0 Å². The van der Waals surface area contributed by atoms with Gasteiger partial charge in [0.15, 0.2) is 0 Å². The molecule has 2 heterocycles. The summed E-state index contributed by atoms with van der Waals surface area (Å²) in [5, 5.41) is 10.3. The number of hydrogen-bond acceptors (Lipinski definition) is 7. The fraction of sp³-hybridized carbons (Fsp3) is 0.429. The van der Waals surface area contributed by atoms with Crippen LogP contribution in [0.1, 0.15) is 17.3 Å². The van der Waals surface area contributed by atoms with Crippen molar-refractivity contribution in [3.8, 4) is 5.75 Å². The standard InChI is InChI=1S/C21H26BrN3O4/c1-2-28-21(27)16-3-6-19(7-4-16)29-15-18(26)14-24-9-11-25(12-10-24)20-8-5-17(22)13-23-20/h3-8,13,18,26H,2,9-12,14-15H2,1H3. The van der Waals surface area contributed by atoms with E-state index in [1.54, 1.807) is 31.2 Å². The van der Waals surface area contributed by atoms with E-state index in [9.17, 15) is 9.90 Å². The van der Waals surface area contributed by atoms with Crippen molar-refractivity contribution in [3.05, 3.63) is 52.6 Å². The van der Waals surface area contributed by atoms with Gasteiger partial charge < -0.3 is 19.5 Å². The summed E-state index contributed by atoms with van der Waals surface area (Å²) in [5.74, 6) is 1.24. The van der Waals surface area contributed by atoms with Gasteiger partial charge in [0.25, 0.3) is 0 Å². The topological polar surface area (TPSA) is 75.1 Å². The zero-order valence-electron chi connectivity index (χ0n) is 16.5. The molecule has 29 heavy (non-hydrogen) atoms. The predicted octanol–water partition coefficient (Wildman–Crippen LogP) is 2.58. The Labute approximate surface area is 179 Å². The number of rotatable bonds is 8. The molecular formula is C21H26BrN3O4. The van der Waals surface area contributed by atoms with Gasteiger partial charge in [-0.05, 0) is 59.3 Å². The minimum Gasteiger partial charge on any atom is -0.491 e. The van der Waals surface area contributed by atoms with Crippen LogP contribution in [0.2, 0.25) is 0 Å². The van der Waals surface area contributed by atoms with Crippen LogP contribution in [-0.4, -0.2) is 73.0 Å². The normalized spacial score (nSPS) is 15.8. The van der Waals surface area contributed by atoms with Crippen molar-refractivity contribution in [2.45, 2.75) is 13.0 Å². The lowest BCUT2D eigenvalue weighted by atomic mass is 10.2. The van der Waals surface area contributed by atoms with E-state index in [2.05, 4.69) is 30.7 Å². The first-order valence-corrected chi connectivity index (χ1v) is 10.5. The number of pyridine rings is 1. The first-order chi connectivity index (χ1) is 14.0. The Morgan fingerprint density at radius 3 is 2.52 bits per heavy atom. The van der Waals surface area contributed by atoms with Gasteiger partial charge in [-0.2, -0.15) is 0 Å². The van der Waals surface area contributed by atoms with E-state index in [0.717, 1.165) is 36.5 Å². The molecule has 1 N–H and O–H groups in total. The fourth-order valence-electron chi connectivity index (χ4n) is 3.16. The first-order valence-electron chi connectivity index (χ1n) is 9.72. The second-order valence-corrected chi connectivity index (χ2v) is 7.75. The Kier molecular flexibility index (Phi) is 7.85. The minimum atomic E-state index is -0.586. The number of halogens is 1. The molecule has 8 heteroatoms. The SMILES string of the molecule is CCOC(=O)c1ccc(OCC(O)CN2CCN(c3ccc(Br)cn3)CC2)cc1. The highest BCUT2D eigenvalue weighted by atomic mass is 79.9. The molecule has 1 aromatic carbocycles. The van der Waals surface area contributed by atoms with Crippen LogP contribution in [0, 0.1) is 0 Å². The number of hydrogen-bond donors (Lipinski definition) is 1. The molecule has 2 aromatic rings. The first kappa shape index (κ1) is 21.5. The van der Waals surface area contributed by atoms with Crippen LogP contribution in [-0.2, 0) is 4.74 Å². The third-order valence-electron chi connectivity index (χ3n) is 4.68. The van der Waals surface area contributed by atoms with Gasteiger partial charge in [0.05, 0.1) is 12.2 Å². The predicted molar refractivity (Wildman–Crippen MR) is 114 cm³/mol. The molecule has 1 atom stereocenters. The van der Waals surface area contributed by atoms with Gasteiger partial charge >= 0.3 is 5.97 Å². The van der Waals surface area contributed by atoms with Gasteiger partial charge in [-0.3, -0.25) is 4.90 Å². The number of carbonyl (C=O) groups is 1. The molecule has 156 valence electrons. The lowest BCUT2D eigenvalue weighted by Crippen LogP contribution is -2.49. The van der Waals surface area contributed by atoms with Crippen LogP contribution < -0.4 is 9.64 Å². The number of ether oxygens (including phenoxy) is 2. The van der Waals surface area contributed by atoms with Crippen LogP contribution in [0.3, 0.4) is 0 Å². The number of piperazine rings is 1. The summed E-state index contributed by atoms with van der Waals surface area (Å²) in [4.78, 5) is 20.6. The van der Waals surface area contributed by atoms with Crippen LogP contribution in [0.5, 0.6) is 5.75 Å². The van der Waals surface area contributed by atoms with E-state index in [1.807, 2.05) is 18.3 Å². The summed E-state index contributed by atoms with van der Waals surface area (Å²) in [6.45, 7) is 6.35. The zero-order chi connectivity index (χ0) is 20.6. The molecule has 1 aliphatic heterocycles. The molecule has 1 aromatic heterocycles. The Bertz CT molecular complexity index is 778. The van der Waals surface area contributed by atoms with Crippen molar-refractivity contribution in [1.29, 1.82) is 0 Å². The smallest absolute Gasteiger partial charge is 0.338 e. The summed E-state index contributed by atoms with van der Waals surface area (Å²) < 4.78 is 11.6. The Morgan fingerprint density at radius 1 is 1.17 bits per heavy atom. The molecule has 1 unspecified atom stereocenters. The lowest BCUT2D eigenvalue weighted by molar-refractivity contribution is 0.0525. The summed E-state index contributed by atoms with van der Waals surface area (Å²) in [6.07, 6.45) is 1.22. The van der Waals surface area contributed by atoms with E-state index >= 15 is 0 Å². The second kappa shape index (κ2) is 10.6. The molecule has 0 radical (unpaired) electrons. The molecule has 0 aliphatic carbocycles. The average Bonchev–Trinajstić information content (AvgIpc) is 2.74. The van der Waals surface area contributed by atoms with Gasteiger partial charge in [0.2, 0.25) is 0 Å². The summed E-state index contributed by atoms with van der Waals surface area (Å²) >= 11 is 3.40. The monoisotopic (exact) mass is 463 g/mol. The highest BCUT2D eigenvalue weighted by Gasteiger charge is 2.20. The van der Waals surface area contributed by atoms with E-state index in [0.29, 0.717) is 24.5 Å². The fourth-order valence-corrected chi connectivity index (χ4v) is 3.39. The molecule has 0 bridgehead atoms. The maximum absolute atomic E-state index is 11.7. The van der Waals surface area contributed by atoms with E-state index < -0.39 is 6.10 Å². The number of carbonyl (C=O) groups excluding carboxylic acids is 1. The quantitative estimate of drug-likeness (QED) is 0.602. The molecule has 7 nitrogen and oxygen atoms in total. The van der Waals surface area contributed by atoms with Crippen molar-refractivity contribution in [2.75, 3.05) is 50.8 Å². The van der Waals surface area contributed by atoms with Crippen LogP contribution in [0.25, 0.3) is 0 Å². The molecular weight excluding hydrogens is 438 g/mol. The molecule has 3 rings (SSSR count). The van der Waals surface area contributed by atoms with Crippen molar-refractivity contribution < 1.29 is 19.4 Å². The largest absolute Gasteiger partial charge is 0.491 e. The third kappa shape index (κ3) is 6.42. The highest BCUT2D eigenvalue weighted by Crippen LogP contribution is 2.17. The average molecular weight is 464 g/mol. The summed E-state index contributed by atoms with van der Waals surface area (Å²) in [7, 11) is 0. The number of aliphatic hydroxyl groups is 1. The minimum absolute atomic E-state index is 0.202. The van der Waals surface area contributed by atoms with E-state index in [-0.39, 0.29) is 12.6 Å². The van der Waals surface area contributed by atoms with Gasteiger partial charge in [-0.25, -0.2) is 9.78 Å². The summed E-state index contributed by atoms with van der Waals surface area (Å²) in [6, 6.07) is 10.8. The maximum atomic E-state index is 11.7. The van der Waals surface area contributed by atoms with Gasteiger partial charge in [0, 0.05) is 43.4 Å². The van der Waals surface area contributed by atoms with Gasteiger partial charge in [-0.15, -0.1) is 0 Å². The highest BCUT2D eigenvalue weighted by molar-refractivity contribution is 9.10. The number of esters is 1. The molecule has 0 amide bonds. The summed E-state index contributed by atoms with van der Waals surface area (Å²) in [5.41, 5.74) is 0.484. The molecule has 1 saturated heterocycles. The number of benzene rings is 1. The van der Waals surface area contributed by atoms with E-state index in [4.69, 9.17) is 9.47 Å². The van der Waals surface area contributed by atoms with Crippen molar-refractivity contribution >= 4 is 27.7 Å².